The van der Waals surface area contributed by atoms with Crippen LogP contribution in [0.25, 0.3) is 0 Å². The summed E-state index contributed by atoms with van der Waals surface area (Å²) in [4.78, 5) is 27.8. The Morgan fingerprint density at radius 3 is 2.19 bits per heavy atom. The van der Waals surface area contributed by atoms with E-state index >= 15 is 0 Å². The lowest BCUT2D eigenvalue weighted by atomic mass is 10.0. The molecule has 1 N–H and O–H groups in total. The molecule has 0 aromatic heterocycles. The maximum atomic E-state index is 13.2. The van der Waals surface area contributed by atoms with Gasteiger partial charge in [-0.2, -0.15) is 0 Å². The van der Waals surface area contributed by atoms with Crippen LogP contribution in [0.3, 0.4) is 0 Å². The van der Waals surface area contributed by atoms with Crippen molar-refractivity contribution in [3.05, 3.63) is 70.2 Å². The van der Waals surface area contributed by atoms with Gasteiger partial charge in [0.15, 0.2) is 0 Å². The minimum atomic E-state index is -0.522. The molecule has 2 aromatic rings. The van der Waals surface area contributed by atoms with E-state index in [9.17, 15) is 9.59 Å². The molecular weight excluding hydrogens is 408 g/mol. The number of nitrogens with zero attached hydrogens (tertiary/aromatic N) is 1. The highest BCUT2D eigenvalue weighted by atomic mass is 35.5. The fourth-order valence-electron chi connectivity index (χ4n) is 4.10. The SMILES string of the molecule is CCc1ccc(CCC(=O)N(Cc2ccc(Cl)cc2)C(C)C(=O)NC2CCCC2)cc1. The molecule has 3 rings (SSSR count). The lowest BCUT2D eigenvalue weighted by Crippen LogP contribution is -2.49. The van der Waals surface area contributed by atoms with Crippen molar-refractivity contribution in [1.29, 1.82) is 0 Å². The summed E-state index contributed by atoms with van der Waals surface area (Å²) in [6.45, 7) is 4.35. The largest absolute Gasteiger partial charge is 0.352 e. The van der Waals surface area contributed by atoms with Crippen LogP contribution in [0.4, 0.5) is 0 Å². The highest BCUT2D eigenvalue weighted by Gasteiger charge is 2.28. The Kier molecular flexibility index (Phi) is 8.53. The Morgan fingerprint density at radius 1 is 1.00 bits per heavy atom. The summed E-state index contributed by atoms with van der Waals surface area (Å²) in [5.41, 5.74) is 3.39. The Hall–Kier alpha value is -2.33. The van der Waals surface area contributed by atoms with E-state index in [1.54, 1.807) is 4.90 Å². The van der Waals surface area contributed by atoms with Crippen molar-refractivity contribution in [2.75, 3.05) is 0 Å². The standard InChI is InChI=1S/C26H33ClN2O2/c1-3-20-8-10-21(11-9-20)14-17-25(30)29(18-22-12-15-23(27)16-13-22)19(2)26(31)28-24-6-4-5-7-24/h8-13,15-16,19,24H,3-7,14,17-18H2,1-2H3,(H,28,31). The van der Waals surface area contributed by atoms with Gasteiger partial charge in [0.2, 0.25) is 11.8 Å². The number of rotatable bonds is 9. The van der Waals surface area contributed by atoms with Crippen molar-refractivity contribution < 1.29 is 9.59 Å². The number of carbonyl (C=O) groups is 2. The molecule has 0 heterocycles. The monoisotopic (exact) mass is 440 g/mol. The third-order valence-electron chi connectivity index (χ3n) is 6.19. The summed E-state index contributed by atoms with van der Waals surface area (Å²) < 4.78 is 0. The molecule has 166 valence electrons. The molecule has 1 aliphatic rings. The van der Waals surface area contributed by atoms with Crippen molar-refractivity contribution in [2.45, 2.75) is 77.4 Å². The lowest BCUT2D eigenvalue weighted by molar-refractivity contribution is -0.140. The second kappa shape index (κ2) is 11.3. The lowest BCUT2D eigenvalue weighted by Gasteiger charge is -2.30. The van der Waals surface area contributed by atoms with Crippen LogP contribution >= 0.6 is 11.6 Å². The zero-order valence-corrected chi connectivity index (χ0v) is 19.3. The van der Waals surface area contributed by atoms with E-state index in [0.717, 1.165) is 43.2 Å². The van der Waals surface area contributed by atoms with Gasteiger partial charge in [0.25, 0.3) is 0 Å². The van der Waals surface area contributed by atoms with Crippen LogP contribution in [-0.2, 0) is 29.0 Å². The second-order valence-electron chi connectivity index (χ2n) is 8.48. The first-order valence-electron chi connectivity index (χ1n) is 11.4. The minimum Gasteiger partial charge on any atom is -0.352 e. The van der Waals surface area contributed by atoms with E-state index < -0.39 is 6.04 Å². The van der Waals surface area contributed by atoms with Crippen LogP contribution in [0, 0.1) is 0 Å². The van der Waals surface area contributed by atoms with Gasteiger partial charge in [-0.05, 0) is 61.4 Å². The molecule has 0 bridgehead atoms. The molecule has 0 spiro atoms. The number of carbonyl (C=O) groups excluding carboxylic acids is 2. The molecule has 1 atom stereocenters. The van der Waals surface area contributed by atoms with Crippen LogP contribution in [0.5, 0.6) is 0 Å². The first-order chi connectivity index (χ1) is 15.0. The number of halogens is 1. The number of nitrogens with one attached hydrogen (secondary N) is 1. The number of amides is 2. The topological polar surface area (TPSA) is 49.4 Å². The van der Waals surface area contributed by atoms with Crippen molar-refractivity contribution >= 4 is 23.4 Å². The van der Waals surface area contributed by atoms with Crippen molar-refractivity contribution in [2.24, 2.45) is 0 Å². The number of hydrogen-bond donors (Lipinski definition) is 1. The van der Waals surface area contributed by atoms with E-state index in [1.165, 1.54) is 5.56 Å². The smallest absolute Gasteiger partial charge is 0.242 e. The Morgan fingerprint density at radius 2 is 1.58 bits per heavy atom. The molecule has 1 saturated carbocycles. The molecule has 1 aliphatic carbocycles. The van der Waals surface area contributed by atoms with E-state index in [1.807, 2.05) is 31.2 Å². The van der Waals surface area contributed by atoms with Crippen molar-refractivity contribution in [3.8, 4) is 0 Å². The second-order valence-corrected chi connectivity index (χ2v) is 8.92. The van der Waals surface area contributed by atoms with Crippen LogP contribution in [0.1, 0.15) is 62.6 Å². The molecule has 0 aliphatic heterocycles. The van der Waals surface area contributed by atoms with Crippen LogP contribution in [0.2, 0.25) is 5.02 Å². The van der Waals surface area contributed by atoms with Crippen LogP contribution in [0.15, 0.2) is 48.5 Å². The van der Waals surface area contributed by atoms with E-state index in [-0.39, 0.29) is 17.9 Å². The minimum absolute atomic E-state index is 0.0106. The summed E-state index contributed by atoms with van der Waals surface area (Å²) in [5, 5.41) is 3.80. The number of aryl methyl sites for hydroxylation is 2. The van der Waals surface area contributed by atoms with Gasteiger partial charge in [-0.1, -0.05) is 67.8 Å². The summed E-state index contributed by atoms with van der Waals surface area (Å²) in [7, 11) is 0. The van der Waals surface area contributed by atoms with Gasteiger partial charge < -0.3 is 10.2 Å². The predicted octanol–water partition coefficient (Wildman–Crippen LogP) is 5.31. The van der Waals surface area contributed by atoms with Gasteiger partial charge in [0.1, 0.15) is 6.04 Å². The van der Waals surface area contributed by atoms with Gasteiger partial charge in [-0.3, -0.25) is 9.59 Å². The van der Waals surface area contributed by atoms with E-state index in [0.29, 0.717) is 24.4 Å². The van der Waals surface area contributed by atoms with Crippen LogP contribution < -0.4 is 5.32 Å². The summed E-state index contributed by atoms with van der Waals surface area (Å²) in [6.07, 6.45) is 6.40. The first-order valence-corrected chi connectivity index (χ1v) is 11.8. The van der Waals surface area contributed by atoms with Crippen molar-refractivity contribution in [3.63, 3.8) is 0 Å². The highest BCUT2D eigenvalue weighted by Crippen LogP contribution is 2.19. The molecule has 1 fully saturated rings. The summed E-state index contributed by atoms with van der Waals surface area (Å²) in [5.74, 6) is -0.0786. The molecule has 4 nitrogen and oxygen atoms in total. The van der Waals surface area contributed by atoms with Crippen LogP contribution in [-0.4, -0.2) is 28.8 Å². The molecule has 31 heavy (non-hydrogen) atoms. The fourth-order valence-corrected chi connectivity index (χ4v) is 4.22. The normalized spacial score (nSPS) is 14.9. The third kappa shape index (κ3) is 6.83. The zero-order valence-electron chi connectivity index (χ0n) is 18.6. The molecular formula is C26H33ClN2O2. The maximum Gasteiger partial charge on any atom is 0.242 e. The quantitative estimate of drug-likeness (QED) is 0.574. The zero-order chi connectivity index (χ0) is 22.2. The maximum absolute atomic E-state index is 13.2. The molecule has 1 unspecified atom stereocenters. The van der Waals surface area contributed by atoms with Gasteiger partial charge >= 0.3 is 0 Å². The average molecular weight is 441 g/mol. The fraction of sp³-hybridized carbons (Fsp3) is 0.462. The molecule has 5 heteroatoms. The van der Waals surface area contributed by atoms with E-state index in [2.05, 4.69) is 36.5 Å². The summed E-state index contributed by atoms with van der Waals surface area (Å²) in [6, 6.07) is 15.6. The summed E-state index contributed by atoms with van der Waals surface area (Å²) >= 11 is 6.01. The number of hydrogen-bond acceptors (Lipinski definition) is 2. The first kappa shape index (κ1) is 23.3. The Labute approximate surface area is 191 Å². The molecule has 2 amide bonds. The van der Waals surface area contributed by atoms with Gasteiger partial charge in [0.05, 0.1) is 0 Å². The average Bonchev–Trinajstić information content (AvgIpc) is 3.30. The van der Waals surface area contributed by atoms with Gasteiger partial charge in [0, 0.05) is 24.0 Å². The van der Waals surface area contributed by atoms with E-state index in [4.69, 9.17) is 11.6 Å². The van der Waals surface area contributed by atoms with Crippen molar-refractivity contribution in [1.82, 2.24) is 10.2 Å². The van der Waals surface area contributed by atoms with Gasteiger partial charge in [-0.15, -0.1) is 0 Å². The number of benzene rings is 2. The molecule has 2 aromatic carbocycles. The third-order valence-corrected chi connectivity index (χ3v) is 6.45. The Bertz CT molecular complexity index is 858. The molecule has 0 saturated heterocycles. The Balaban J connectivity index is 1.68. The highest BCUT2D eigenvalue weighted by molar-refractivity contribution is 6.30. The molecule has 0 radical (unpaired) electrons. The predicted molar refractivity (Wildman–Crippen MR) is 126 cm³/mol. The van der Waals surface area contributed by atoms with Gasteiger partial charge in [-0.25, -0.2) is 0 Å².